The Morgan fingerprint density at radius 2 is 2.08 bits per heavy atom. The third-order valence-electron chi connectivity index (χ3n) is 6.19. The fourth-order valence-corrected chi connectivity index (χ4v) is 4.29. The number of nitrogens with zero attached hydrogens (tertiary/aromatic N) is 2. The number of nitrogens with one attached hydrogen (secondary N) is 2. The van der Waals surface area contributed by atoms with Crippen molar-refractivity contribution < 1.29 is 4.74 Å². The van der Waals surface area contributed by atoms with Crippen LogP contribution >= 0.6 is 0 Å². The highest BCUT2D eigenvalue weighted by molar-refractivity contribution is 5.80. The molecule has 2 aliphatic carbocycles. The lowest BCUT2D eigenvalue weighted by Crippen LogP contribution is -2.45. The molecule has 1 atom stereocenters. The number of anilines is 1. The fourth-order valence-electron chi connectivity index (χ4n) is 4.29. The van der Waals surface area contributed by atoms with Crippen molar-refractivity contribution in [1.29, 1.82) is 0 Å². The quantitative estimate of drug-likeness (QED) is 0.582. The van der Waals surface area contributed by atoms with Crippen molar-refractivity contribution in [1.82, 2.24) is 10.6 Å². The summed E-state index contributed by atoms with van der Waals surface area (Å²) in [5.41, 5.74) is 1.74. The Kier molecular flexibility index (Phi) is 4.96. The molecular formula is C21H32N4O. The van der Waals surface area contributed by atoms with Gasteiger partial charge in [-0.05, 0) is 62.5 Å². The minimum absolute atomic E-state index is 0.425. The topological polar surface area (TPSA) is 48.9 Å². The van der Waals surface area contributed by atoms with Gasteiger partial charge in [0.05, 0.1) is 12.8 Å². The Bertz CT molecular complexity index is 651. The van der Waals surface area contributed by atoms with Crippen molar-refractivity contribution >= 4 is 11.6 Å². The van der Waals surface area contributed by atoms with E-state index in [1.54, 1.807) is 7.11 Å². The van der Waals surface area contributed by atoms with E-state index < -0.39 is 0 Å². The van der Waals surface area contributed by atoms with E-state index >= 15 is 0 Å². The van der Waals surface area contributed by atoms with Crippen LogP contribution in [-0.2, 0) is 0 Å². The van der Waals surface area contributed by atoms with Crippen LogP contribution in [0.4, 0.5) is 5.69 Å². The van der Waals surface area contributed by atoms with Gasteiger partial charge in [-0.3, -0.25) is 4.99 Å². The van der Waals surface area contributed by atoms with Gasteiger partial charge in [0.2, 0.25) is 0 Å². The van der Waals surface area contributed by atoms with E-state index in [4.69, 9.17) is 9.73 Å². The third-order valence-corrected chi connectivity index (χ3v) is 6.19. The van der Waals surface area contributed by atoms with Crippen LogP contribution in [0.3, 0.4) is 0 Å². The van der Waals surface area contributed by atoms with E-state index in [9.17, 15) is 0 Å². The lowest BCUT2D eigenvalue weighted by atomic mass is 10.0. The molecule has 3 aliphatic rings. The molecule has 1 aromatic carbocycles. The molecule has 0 aromatic heterocycles. The van der Waals surface area contributed by atoms with Gasteiger partial charge in [0.1, 0.15) is 5.75 Å². The smallest absolute Gasteiger partial charge is 0.191 e. The van der Waals surface area contributed by atoms with E-state index in [0.29, 0.717) is 11.5 Å². The molecule has 2 N–H and O–H groups in total. The first-order chi connectivity index (χ1) is 12.7. The molecule has 1 aliphatic heterocycles. The number of ether oxygens (including phenoxy) is 1. The maximum Gasteiger partial charge on any atom is 0.191 e. The Balaban J connectivity index is 1.36. The molecule has 1 saturated heterocycles. The molecule has 1 aromatic rings. The summed E-state index contributed by atoms with van der Waals surface area (Å²) in [6.07, 6.45) is 6.74. The zero-order valence-electron chi connectivity index (χ0n) is 16.1. The summed E-state index contributed by atoms with van der Waals surface area (Å²) >= 11 is 0. The van der Waals surface area contributed by atoms with Gasteiger partial charge in [-0.2, -0.15) is 0 Å². The number of benzene rings is 1. The number of guanidine groups is 1. The lowest BCUT2D eigenvalue weighted by Gasteiger charge is -2.22. The maximum absolute atomic E-state index is 5.53. The van der Waals surface area contributed by atoms with Gasteiger partial charge in [0.25, 0.3) is 0 Å². The molecule has 5 nitrogen and oxygen atoms in total. The second-order valence-corrected chi connectivity index (χ2v) is 8.08. The predicted octanol–water partition coefficient (Wildman–Crippen LogP) is 3.02. The SMILES string of the molecule is CCNC(=NCC1(C2CC2)CC1)NC1CCN(c2ccccc2OC)C1. The monoisotopic (exact) mass is 356 g/mol. The first-order valence-corrected chi connectivity index (χ1v) is 10.2. The van der Waals surface area contributed by atoms with Crippen molar-refractivity contribution in [2.75, 3.05) is 38.2 Å². The van der Waals surface area contributed by atoms with Crippen LogP contribution in [0.1, 0.15) is 39.0 Å². The van der Waals surface area contributed by atoms with Crippen LogP contribution in [0.15, 0.2) is 29.3 Å². The molecule has 0 spiro atoms. The molecule has 142 valence electrons. The first kappa shape index (κ1) is 17.5. The van der Waals surface area contributed by atoms with Crippen molar-refractivity contribution in [3.63, 3.8) is 0 Å². The molecular weight excluding hydrogens is 324 g/mol. The highest BCUT2D eigenvalue weighted by atomic mass is 16.5. The number of hydrogen-bond acceptors (Lipinski definition) is 3. The molecule has 5 heteroatoms. The largest absolute Gasteiger partial charge is 0.495 e. The summed E-state index contributed by atoms with van der Waals surface area (Å²) in [6, 6.07) is 8.71. The van der Waals surface area contributed by atoms with E-state index in [1.165, 1.54) is 31.4 Å². The van der Waals surface area contributed by atoms with Gasteiger partial charge < -0.3 is 20.3 Å². The number of aliphatic imine (C=N–C) groups is 1. The Labute approximate surface area is 157 Å². The maximum atomic E-state index is 5.53. The summed E-state index contributed by atoms with van der Waals surface area (Å²) < 4.78 is 5.53. The molecule has 1 unspecified atom stereocenters. The summed E-state index contributed by atoms with van der Waals surface area (Å²) in [4.78, 5) is 7.36. The van der Waals surface area contributed by atoms with Crippen LogP contribution in [0.5, 0.6) is 5.75 Å². The lowest BCUT2D eigenvalue weighted by molar-refractivity contribution is 0.415. The third kappa shape index (κ3) is 3.76. The standard InChI is InChI=1S/C21H32N4O/c1-3-22-20(23-15-21(11-12-21)16-8-9-16)24-17-10-13-25(14-17)18-6-4-5-7-19(18)26-2/h4-7,16-17H,3,8-15H2,1-2H3,(H2,22,23,24). The average molecular weight is 357 g/mol. The van der Waals surface area contributed by atoms with Crippen molar-refractivity contribution in [2.24, 2.45) is 16.3 Å². The Hall–Kier alpha value is -1.91. The molecule has 4 rings (SSSR count). The van der Waals surface area contributed by atoms with Gasteiger partial charge in [0.15, 0.2) is 5.96 Å². The minimum Gasteiger partial charge on any atom is -0.495 e. The minimum atomic E-state index is 0.425. The summed E-state index contributed by atoms with van der Waals surface area (Å²) in [5.74, 6) is 2.90. The Morgan fingerprint density at radius 1 is 1.27 bits per heavy atom. The average Bonchev–Trinajstić information content (AvgIpc) is 3.58. The van der Waals surface area contributed by atoms with Gasteiger partial charge in [-0.15, -0.1) is 0 Å². The van der Waals surface area contributed by atoms with Gasteiger partial charge >= 0.3 is 0 Å². The van der Waals surface area contributed by atoms with Crippen LogP contribution < -0.4 is 20.3 Å². The summed E-state index contributed by atoms with van der Waals surface area (Å²) in [6.45, 7) is 6.07. The van der Waals surface area contributed by atoms with Crippen molar-refractivity contribution in [3.05, 3.63) is 24.3 Å². The normalized spacial score (nSPS) is 24.5. The van der Waals surface area contributed by atoms with E-state index in [-0.39, 0.29) is 0 Å². The zero-order chi connectivity index (χ0) is 18.0. The van der Waals surface area contributed by atoms with E-state index in [2.05, 4.69) is 34.6 Å². The van der Waals surface area contributed by atoms with Gasteiger partial charge in [-0.1, -0.05) is 12.1 Å². The fraction of sp³-hybridized carbons (Fsp3) is 0.667. The van der Waals surface area contributed by atoms with Crippen LogP contribution in [0, 0.1) is 11.3 Å². The van der Waals surface area contributed by atoms with Crippen molar-refractivity contribution in [3.8, 4) is 5.75 Å². The second kappa shape index (κ2) is 7.37. The van der Waals surface area contributed by atoms with E-state index in [1.807, 2.05) is 12.1 Å². The number of para-hydroxylation sites is 2. The predicted molar refractivity (Wildman–Crippen MR) is 107 cm³/mol. The number of rotatable bonds is 7. The highest BCUT2D eigenvalue weighted by Crippen LogP contribution is 2.61. The number of hydrogen-bond donors (Lipinski definition) is 2. The van der Waals surface area contributed by atoms with Crippen molar-refractivity contribution in [2.45, 2.75) is 45.1 Å². The molecule has 1 heterocycles. The van der Waals surface area contributed by atoms with E-state index in [0.717, 1.165) is 50.2 Å². The summed E-state index contributed by atoms with van der Waals surface area (Å²) in [5, 5.41) is 7.11. The first-order valence-electron chi connectivity index (χ1n) is 10.2. The highest BCUT2D eigenvalue weighted by Gasteiger charge is 2.53. The van der Waals surface area contributed by atoms with Gasteiger partial charge in [0, 0.05) is 32.2 Å². The zero-order valence-corrected chi connectivity index (χ0v) is 16.1. The van der Waals surface area contributed by atoms with Gasteiger partial charge in [-0.25, -0.2) is 0 Å². The second-order valence-electron chi connectivity index (χ2n) is 8.08. The number of methoxy groups -OCH3 is 1. The molecule has 3 fully saturated rings. The van der Waals surface area contributed by atoms with Crippen LogP contribution in [0.2, 0.25) is 0 Å². The van der Waals surface area contributed by atoms with Crippen LogP contribution in [0.25, 0.3) is 0 Å². The summed E-state index contributed by atoms with van der Waals surface area (Å²) in [7, 11) is 1.74. The molecule has 2 saturated carbocycles. The molecule has 0 radical (unpaired) electrons. The van der Waals surface area contributed by atoms with Crippen LogP contribution in [-0.4, -0.2) is 45.3 Å². The molecule has 0 amide bonds. The molecule has 26 heavy (non-hydrogen) atoms. The molecule has 0 bridgehead atoms. The Morgan fingerprint density at radius 3 is 2.77 bits per heavy atom.